The smallest absolute Gasteiger partial charge is 0.269 e. The highest BCUT2D eigenvalue weighted by Crippen LogP contribution is 2.53. The lowest BCUT2D eigenvalue weighted by Gasteiger charge is -2.47. The monoisotopic (exact) mass is 391 g/mol. The number of carbonyl (C=O) groups is 1. The zero-order chi connectivity index (χ0) is 20.4. The number of para-hydroxylation sites is 1. The van der Waals surface area contributed by atoms with Gasteiger partial charge in [-0.3, -0.25) is 9.36 Å². The predicted molar refractivity (Wildman–Crippen MR) is 96.7 cm³/mol. The van der Waals surface area contributed by atoms with Crippen LogP contribution in [-0.4, -0.2) is 23.7 Å². The molecule has 8 heteroatoms. The number of quaternary nitrogens is 1. The van der Waals surface area contributed by atoms with Crippen molar-refractivity contribution in [3.63, 3.8) is 0 Å². The van der Waals surface area contributed by atoms with Crippen LogP contribution in [0.4, 0.5) is 23.2 Å². The molecule has 4 nitrogen and oxygen atoms in total. The highest BCUT2D eigenvalue weighted by atomic mass is 19.4. The van der Waals surface area contributed by atoms with E-state index in [2.05, 4.69) is 0 Å². The molecule has 0 spiro atoms. The average Bonchev–Trinajstić information content (AvgIpc) is 2.66. The first-order valence-electron chi connectivity index (χ1n) is 8.51. The van der Waals surface area contributed by atoms with Gasteiger partial charge < -0.3 is 0 Å². The fourth-order valence-electron chi connectivity index (χ4n) is 4.02. The number of hydrogen-bond donors (Lipinski definition) is 0. The van der Waals surface area contributed by atoms with Gasteiger partial charge in [0, 0.05) is 5.69 Å². The van der Waals surface area contributed by atoms with Gasteiger partial charge in [0.15, 0.2) is 5.69 Å². The topological polar surface area (TPSA) is 39.1 Å². The van der Waals surface area contributed by atoms with E-state index in [1.54, 1.807) is 30.3 Å². The van der Waals surface area contributed by atoms with Crippen LogP contribution in [0.15, 0.2) is 53.3 Å². The second-order valence-corrected chi connectivity index (χ2v) is 6.93. The Labute approximate surface area is 156 Å². The molecule has 1 aliphatic rings. The summed E-state index contributed by atoms with van der Waals surface area (Å²) in [5, 5.41) is -0.318. The van der Waals surface area contributed by atoms with E-state index >= 15 is 0 Å². The summed E-state index contributed by atoms with van der Waals surface area (Å²) in [6.45, 7) is 1.45. The lowest BCUT2D eigenvalue weighted by atomic mass is 9.90. The lowest BCUT2D eigenvalue weighted by Crippen LogP contribution is -2.64. The third-order valence-electron chi connectivity index (χ3n) is 5.48. The van der Waals surface area contributed by atoms with Crippen LogP contribution in [0.2, 0.25) is 0 Å². The van der Waals surface area contributed by atoms with Crippen molar-refractivity contribution >= 4 is 22.4 Å². The van der Waals surface area contributed by atoms with Crippen LogP contribution >= 0.6 is 0 Å². The fourth-order valence-corrected chi connectivity index (χ4v) is 4.02. The molecule has 2 heterocycles. The highest BCUT2D eigenvalue weighted by Gasteiger charge is 2.64. The minimum Gasteiger partial charge on any atom is -0.269 e. The van der Waals surface area contributed by atoms with Gasteiger partial charge in [-0.15, -0.1) is 0 Å². The first-order valence-corrected chi connectivity index (χ1v) is 8.51. The number of alkyl halides is 3. The van der Waals surface area contributed by atoms with Crippen LogP contribution in [0.1, 0.15) is 18.7 Å². The van der Waals surface area contributed by atoms with Crippen molar-refractivity contribution in [1.82, 2.24) is 9.05 Å². The average molecular weight is 391 g/mol. The Bertz CT molecular complexity index is 1180. The van der Waals surface area contributed by atoms with Crippen molar-refractivity contribution < 1.29 is 22.4 Å². The van der Waals surface area contributed by atoms with Gasteiger partial charge in [0.1, 0.15) is 17.6 Å². The number of halogens is 4. The molecular weight excluding hydrogens is 376 g/mol. The summed E-state index contributed by atoms with van der Waals surface area (Å²) in [7, 11) is 1.15. The Morgan fingerprint density at radius 3 is 2.32 bits per heavy atom. The largest absolute Gasteiger partial charge is 0.510 e. The SMILES string of the molecule is C[C@H]1c2c(c3cccc(F)c3c(=O)n2-c2ccccc2)[N+]1(C)C(=O)C(F)(F)F. The number of aromatic nitrogens is 1. The number of rotatable bonds is 1. The van der Waals surface area contributed by atoms with Gasteiger partial charge in [-0.05, 0) is 31.2 Å². The second-order valence-electron chi connectivity index (χ2n) is 6.93. The Morgan fingerprint density at radius 1 is 1.07 bits per heavy atom. The maximum atomic E-state index is 14.5. The molecule has 0 fully saturated rings. The molecule has 1 aliphatic heterocycles. The number of amides is 1. The first kappa shape index (κ1) is 18.4. The van der Waals surface area contributed by atoms with Crippen LogP contribution in [0.25, 0.3) is 16.5 Å². The molecule has 0 saturated carbocycles. The standard InChI is InChI=1S/C20H15F4N2O2/c1-11-16-17(26(11,2)19(28)20(22,23)24)13-9-6-10-14(21)15(13)18(27)25(16)12-7-4-3-5-8-12/h3-11H,1-2H3/q+1/t11-,26?/m0/s1. The van der Waals surface area contributed by atoms with Gasteiger partial charge in [-0.1, -0.05) is 24.3 Å². The van der Waals surface area contributed by atoms with Crippen LogP contribution in [0, 0.1) is 5.82 Å². The van der Waals surface area contributed by atoms with E-state index in [0.29, 0.717) is 5.69 Å². The molecule has 3 aromatic rings. The van der Waals surface area contributed by atoms with Gasteiger partial charge in [0.05, 0.1) is 17.8 Å². The van der Waals surface area contributed by atoms with Gasteiger partial charge in [0.2, 0.25) is 0 Å². The van der Waals surface area contributed by atoms with Crippen LogP contribution in [0.5, 0.6) is 0 Å². The molecule has 0 bridgehead atoms. The third kappa shape index (κ3) is 2.21. The Balaban J connectivity index is 2.17. The summed E-state index contributed by atoms with van der Waals surface area (Å²) in [5.74, 6) is -2.81. The number of pyridine rings is 1. The Morgan fingerprint density at radius 2 is 1.71 bits per heavy atom. The molecule has 28 heavy (non-hydrogen) atoms. The molecule has 1 aromatic heterocycles. The summed E-state index contributed by atoms with van der Waals surface area (Å²) >= 11 is 0. The maximum absolute atomic E-state index is 14.5. The molecular formula is C20H15F4N2O2+. The normalized spacial score (nSPS) is 21.3. The fraction of sp³-hybridized carbons (Fsp3) is 0.200. The molecule has 0 aliphatic carbocycles. The van der Waals surface area contributed by atoms with Crippen molar-refractivity contribution in [1.29, 1.82) is 0 Å². The molecule has 0 N–H and O–H groups in total. The summed E-state index contributed by atoms with van der Waals surface area (Å²) < 4.78 is 54.6. The van der Waals surface area contributed by atoms with Crippen molar-refractivity contribution in [3.05, 3.63) is 70.4 Å². The van der Waals surface area contributed by atoms with Gasteiger partial charge in [-0.2, -0.15) is 13.2 Å². The van der Waals surface area contributed by atoms with Crippen LogP contribution in [-0.2, 0) is 4.79 Å². The summed E-state index contributed by atoms with van der Waals surface area (Å²) in [4.78, 5) is 25.4. The van der Waals surface area contributed by atoms with Gasteiger partial charge in [-0.25, -0.2) is 13.7 Å². The van der Waals surface area contributed by atoms with E-state index in [1.165, 1.54) is 23.6 Å². The van der Waals surface area contributed by atoms with Crippen molar-refractivity contribution in [2.24, 2.45) is 0 Å². The Hall–Kier alpha value is -3.00. The lowest BCUT2D eigenvalue weighted by molar-refractivity contribution is -0.186. The number of carbonyl (C=O) groups excluding carboxylic acids is 1. The molecule has 2 atom stereocenters. The molecule has 0 radical (unpaired) electrons. The highest BCUT2D eigenvalue weighted by molar-refractivity contribution is 6.06. The number of hydrogen-bond acceptors (Lipinski definition) is 2. The van der Waals surface area contributed by atoms with E-state index in [9.17, 15) is 27.2 Å². The van der Waals surface area contributed by atoms with E-state index in [4.69, 9.17) is 0 Å². The minimum atomic E-state index is -5.08. The first-order chi connectivity index (χ1) is 13.1. The summed E-state index contributed by atoms with van der Waals surface area (Å²) in [5.41, 5.74) is -0.00996. The third-order valence-corrected chi connectivity index (χ3v) is 5.48. The van der Waals surface area contributed by atoms with E-state index in [0.717, 1.165) is 13.1 Å². The van der Waals surface area contributed by atoms with E-state index < -0.39 is 34.0 Å². The molecule has 4 rings (SSSR count). The molecule has 2 aromatic carbocycles. The van der Waals surface area contributed by atoms with Gasteiger partial charge >= 0.3 is 12.1 Å². The molecule has 1 unspecified atom stereocenters. The molecule has 0 saturated heterocycles. The van der Waals surface area contributed by atoms with E-state index in [1.807, 2.05) is 0 Å². The van der Waals surface area contributed by atoms with E-state index in [-0.39, 0.29) is 22.2 Å². The minimum absolute atomic E-state index is 0.00669. The zero-order valence-corrected chi connectivity index (χ0v) is 14.9. The molecule has 144 valence electrons. The summed E-state index contributed by atoms with van der Waals surface area (Å²) in [6.07, 6.45) is -5.08. The Kier molecular flexibility index (Phi) is 3.77. The number of fused-ring (bicyclic) bond motifs is 3. The maximum Gasteiger partial charge on any atom is 0.510 e. The number of benzene rings is 2. The predicted octanol–water partition coefficient (Wildman–Crippen LogP) is 4.23. The van der Waals surface area contributed by atoms with Crippen molar-refractivity contribution in [3.8, 4) is 5.69 Å². The quantitative estimate of drug-likeness (QED) is 0.460. The summed E-state index contributed by atoms with van der Waals surface area (Å²) in [6, 6.07) is 11.1. The van der Waals surface area contributed by atoms with Crippen LogP contribution < -0.4 is 10.0 Å². The van der Waals surface area contributed by atoms with Crippen molar-refractivity contribution in [2.75, 3.05) is 7.05 Å². The van der Waals surface area contributed by atoms with Crippen LogP contribution in [0.3, 0.4) is 0 Å². The van der Waals surface area contributed by atoms with Gasteiger partial charge in [0.25, 0.3) is 5.56 Å². The second kappa shape index (κ2) is 5.75. The zero-order valence-electron chi connectivity index (χ0n) is 14.9. The van der Waals surface area contributed by atoms with Crippen molar-refractivity contribution in [2.45, 2.75) is 19.1 Å². The number of nitrogens with zero attached hydrogens (tertiary/aromatic N) is 2. The molecule has 1 amide bonds.